The Morgan fingerprint density at radius 3 is 2.47 bits per heavy atom. The number of aliphatic hydroxyl groups is 1. The first-order valence-electron chi connectivity index (χ1n) is 6.28. The fourth-order valence-corrected chi connectivity index (χ4v) is 3.85. The van der Waals surface area contributed by atoms with Crippen LogP contribution in [0.3, 0.4) is 0 Å². The molecular formula is C13H25NO. The van der Waals surface area contributed by atoms with E-state index >= 15 is 0 Å². The summed E-state index contributed by atoms with van der Waals surface area (Å²) in [5.41, 5.74) is 0.904. The molecule has 2 nitrogen and oxygen atoms in total. The van der Waals surface area contributed by atoms with Crippen LogP contribution in [0.5, 0.6) is 0 Å². The smallest absolute Gasteiger partial charge is 0.0582 e. The molecule has 0 saturated heterocycles. The van der Waals surface area contributed by atoms with Gasteiger partial charge in [0.05, 0.1) is 6.61 Å². The Kier molecular flexibility index (Phi) is 2.63. The minimum absolute atomic E-state index is 0.238. The second-order valence-corrected chi connectivity index (χ2v) is 6.41. The van der Waals surface area contributed by atoms with Crippen molar-refractivity contribution in [3.05, 3.63) is 0 Å². The Bertz CT molecular complexity index is 251. The lowest BCUT2D eigenvalue weighted by Gasteiger charge is -2.40. The molecule has 4 atom stereocenters. The first kappa shape index (κ1) is 11.4. The van der Waals surface area contributed by atoms with E-state index in [1.54, 1.807) is 0 Å². The predicted octanol–water partition coefficient (Wildman–Crippen LogP) is 2.17. The molecule has 2 fully saturated rings. The van der Waals surface area contributed by atoms with Crippen LogP contribution in [-0.4, -0.2) is 23.8 Å². The molecule has 2 rings (SSSR count). The van der Waals surface area contributed by atoms with Gasteiger partial charge >= 0.3 is 0 Å². The van der Waals surface area contributed by atoms with Gasteiger partial charge in [-0.25, -0.2) is 0 Å². The van der Waals surface area contributed by atoms with Gasteiger partial charge in [-0.15, -0.1) is 0 Å². The quantitative estimate of drug-likeness (QED) is 0.750. The molecule has 0 aromatic heterocycles. The van der Waals surface area contributed by atoms with Gasteiger partial charge < -0.3 is 10.4 Å². The molecule has 0 unspecified atom stereocenters. The summed E-state index contributed by atoms with van der Waals surface area (Å²) in [7, 11) is 0. The molecule has 0 radical (unpaired) electrons. The Morgan fingerprint density at radius 1 is 1.40 bits per heavy atom. The third-order valence-electron chi connectivity index (χ3n) is 5.55. The average molecular weight is 211 g/mol. The van der Waals surface area contributed by atoms with Crippen LogP contribution in [0.4, 0.5) is 0 Å². The minimum atomic E-state index is 0.238. The van der Waals surface area contributed by atoms with Gasteiger partial charge in [0.15, 0.2) is 0 Å². The Balaban J connectivity index is 2.12. The molecule has 0 aliphatic heterocycles. The van der Waals surface area contributed by atoms with Gasteiger partial charge in [0, 0.05) is 12.1 Å². The summed E-state index contributed by atoms with van der Waals surface area (Å²) in [6.07, 6.45) is 4.05. The van der Waals surface area contributed by atoms with Crippen LogP contribution in [0, 0.1) is 16.7 Å². The van der Waals surface area contributed by atoms with Crippen molar-refractivity contribution < 1.29 is 5.11 Å². The summed E-state index contributed by atoms with van der Waals surface area (Å²) in [6, 6.07) is 0.843. The van der Waals surface area contributed by atoms with Crippen LogP contribution in [-0.2, 0) is 0 Å². The number of fused-ring (bicyclic) bond motifs is 2. The van der Waals surface area contributed by atoms with E-state index in [9.17, 15) is 0 Å². The maximum absolute atomic E-state index is 9.12. The highest BCUT2D eigenvalue weighted by molar-refractivity contribution is 5.13. The largest absolute Gasteiger partial charge is 0.395 e. The van der Waals surface area contributed by atoms with E-state index < -0.39 is 0 Å². The molecular weight excluding hydrogens is 186 g/mol. The van der Waals surface area contributed by atoms with Crippen LogP contribution in [0.15, 0.2) is 0 Å². The van der Waals surface area contributed by atoms with Crippen molar-refractivity contribution in [2.24, 2.45) is 16.7 Å². The molecule has 2 bridgehead atoms. The van der Waals surface area contributed by atoms with Crippen LogP contribution in [0.1, 0.15) is 47.0 Å². The Morgan fingerprint density at radius 2 is 2.07 bits per heavy atom. The minimum Gasteiger partial charge on any atom is -0.395 e. The van der Waals surface area contributed by atoms with E-state index in [2.05, 4.69) is 33.0 Å². The van der Waals surface area contributed by atoms with Crippen molar-refractivity contribution in [1.82, 2.24) is 5.32 Å². The number of hydrogen-bond donors (Lipinski definition) is 2. The molecule has 2 heteroatoms. The van der Waals surface area contributed by atoms with E-state index in [0.717, 1.165) is 5.92 Å². The van der Waals surface area contributed by atoms with Gasteiger partial charge in [0.1, 0.15) is 0 Å². The lowest BCUT2D eigenvalue weighted by molar-refractivity contribution is 0.109. The van der Waals surface area contributed by atoms with Crippen LogP contribution >= 0.6 is 0 Å². The molecule has 0 aromatic rings. The SMILES string of the molecule is C[C@H](CO)N[C@@H]1C[C@@H]2CC[C@]1(C)C2(C)C. The highest BCUT2D eigenvalue weighted by Crippen LogP contribution is 2.65. The zero-order chi connectivity index (χ0) is 11.3. The van der Waals surface area contributed by atoms with Crippen molar-refractivity contribution in [3.8, 4) is 0 Å². The Hall–Kier alpha value is -0.0800. The molecule has 0 heterocycles. The predicted molar refractivity (Wildman–Crippen MR) is 62.7 cm³/mol. The molecule has 2 aliphatic carbocycles. The van der Waals surface area contributed by atoms with Gasteiger partial charge in [-0.1, -0.05) is 20.8 Å². The van der Waals surface area contributed by atoms with E-state index in [4.69, 9.17) is 5.11 Å². The first-order valence-corrected chi connectivity index (χ1v) is 6.28. The zero-order valence-electron chi connectivity index (χ0n) is 10.5. The fourth-order valence-electron chi connectivity index (χ4n) is 3.85. The van der Waals surface area contributed by atoms with Crippen molar-refractivity contribution in [2.45, 2.75) is 59.0 Å². The summed E-state index contributed by atoms with van der Waals surface area (Å²) < 4.78 is 0. The third kappa shape index (κ3) is 1.45. The highest BCUT2D eigenvalue weighted by atomic mass is 16.3. The molecule has 0 spiro atoms. The number of hydrogen-bond acceptors (Lipinski definition) is 2. The lowest BCUT2D eigenvalue weighted by atomic mass is 9.69. The molecule has 15 heavy (non-hydrogen) atoms. The van der Waals surface area contributed by atoms with Crippen LogP contribution < -0.4 is 5.32 Å². The van der Waals surface area contributed by atoms with Crippen molar-refractivity contribution in [3.63, 3.8) is 0 Å². The van der Waals surface area contributed by atoms with Gasteiger partial charge in [-0.2, -0.15) is 0 Å². The number of aliphatic hydroxyl groups excluding tert-OH is 1. The summed E-state index contributed by atoms with van der Waals surface area (Å²) >= 11 is 0. The van der Waals surface area contributed by atoms with Crippen LogP contribution in [0.25, 0.3) is 0 Å². The number of rotatable bonds is 3. The standard InChI is InChI=1S/C13H25NO/c1-9(8-15)14-11-7-10-5-6-13(11,4)12(10,2)3/h9-11,14-15H,5-8H2,1-4H3/t9-,10+,11-,13+/m1/s1. The van der Waals surface area contributed by atoms with Crippen molar-refractivity contribution in [1.29, 1.82) is 0 Å². The van der Waals surface area contributed by atoms with E-state index in [-0.39, 0.29) is 12.6 Å². The van der Waals surface area contributed by atoms with E-state index in [0.29, 0.717) is 16.9 Å². The monoisotopic (exact) mass is 211 g/mol. The first-order chi connectivity index (χ1) is 6.91. The summed E-state index contributed by atoms with van der Waals surface area (Å²) in [5, 5.41) is 12.7. The zero-order valence-corrected chi connectivity index (χ0v) is 10.5. The van der Waals surface area contributed by atoms with Gasteiger partial charge in [0.2, 0.25) is 0 Å². The Labute approximate surface area is 93.5 Å². The average Bonchev–Trinajstić information content (AvgIpc) is 2.50. The van der Waals surface area contributed by atoms with Crippen molar-refractivity contribution >= 4 is 0 Å². The second-order valence-electron chi connectivity index (χ2n) is 6.41. The topological polar surface area (TPSA) is 32.3 Å². The normalized spacial score (nSPS) is 44.6. The summed E-state index contributed by atoms with van der Waals surface area (Å²) in [5.74, 6) is 0.880. The molecule has 0 aromatic carbocycles. The van der Waals surface area contributed by atoms with E-state index in [1.165, 1.54) is 19.3 Å². The maximum atomic E-state index is 9.12. The van der Waals surface area contributed by atoms with E-state index in [1.807, 2.05) is 0 Å². The lowest BCUT2D eigenvalue weighted by Crippen LogP contribution is -2.48. The molecule has 2 aliphatic rings. The summed E-state index contributed by atoms with van der Waals surface area (Å²) in [4.78, 5) is 0. The van der Waals surface area contributed by atoms with Crippen LogP contribution in [0.2, 0.25) is 0 Å². The van der Waals surface area contributed by atoms with Gasteiger partial charge in [-0.3, -0.25) is 0 Å². The van der Waals surface area contributed by atoms with Crippen molar-refractivity contribution in [2.75, 3.05) is 6.61 Å². The molecule has 2 saturated carbocycles. The molecule has 88 valence electrons. The highest BCUT2D eigenvalue weighted by Gasteiger charge is 2.61. The number of nitrogens with one attached hydrogen (secondary N) is 1. The second kappa shape index (κ2) is 3.46. The molecule has 0 amide bonds. The maximum Gasteiger partial charge on any atom is 0.0582 e. The summed E-state index contributed by atoms with van der Waals surface area (Å²) in [6.45, 7) is 9.60. The molecule has 2 N–H and O–H groups in total. The third-order valence-corrected chi connectivity index (χ3v) is 5.55. The van der Waals surface area contributed by atoms with Gasteiger partial charge in [0.25, 0.3) is 0 Å². The fraction of sp³-hybridized carbons (Fsp3) is 1.00. The van der Waals surface area contributed by atoms with Gasteiger partial charge in [-0.05, 0) is 42.9 Å².